The molecule has 0 radical (unpaired) electrons. The molecule has 6 rings (SSSR count). The first kappa shape index (κ1) is 24.1. The molecule has 0 spiro atoms. The third-order valence-corrected chi connectivity index (χ3v) is 9.18. The number of rotatable bonds is 4. The number of benzene rings is 3. The lowest BCUT2D eigenvalue weighted by atomic mass is 9.83. The van der Waals surface area contributed by atoms with Gasteiger partial charge in [-0.05, 0) is 105 Å². The summed E-state index contributed by atoms with van der Waals surface area (Å²) in [4.78, 5) is 19.7. The van der Waals surface area contributed by atoms with E-state index in [1.807, 2.05) is 35.8 Å². The Morgan fingerprint density at radius 2 is 1.78 bits per heavy atom. The number of hydrogen-bond acceptors (Lipinski definition) is 4. The predicted molar refractivity (Wildman–Crippen MR) is 162 cm³/mol. The van der Waals surface area contributed by atoms with Crippen LogP contribution in [0.25, 0.3) is 11.8 Å². The molecule has 3 aromatic carbocycles. The van der Waals surface area contributed by atoms with Crippen molar-refractivity contribution in [1.82, 2.24) is 4.57 Å². The van der Waals surface area contributed by atoms with Gasteiger partial charge >= 0.3 is 0 Å². The second kappa shape index (κ2) is 9.90. The minimum absolute atomic E-state index is 0.0110. The van der Waals surface area contributed by atoms with Crippen LogP contribution in [-0.2, 0) is 6.42 Å². The molecule has 180 valence electrons. The quantitative estimate of drug-likeness (QED) is 0.246. The highest BCUT2D eigenvalue weighted by molar-refractivity contribution is 14.1. The predicted octanol–water partition coefficient (Wildman–Crippen LogP) is 5.93. The van der Waals surface area contributed by atoms with Crippen LogP contribution < -0.4 is 19.6 Å². The van der Waals surface area contributed by atoms with Crippen molar-refractivity contribution >= 4 is 68.3 Å². The maximum absolute atomic E-state index is 13.9. The molecule has 0 saturated carbocycles. The van der Waals surface area contributed by atoms with Gasteiger partial charge in [0.15, 0.2) is 4.80 Å². The molecular formula is C29H22I2N2O2S. The average molecular weight is 716 g/mol. The Morgan fingerprint density at radius 1 is 1.06 bits per heavy atom. The van der Waals surface area contributed by atoms with Crippen molar-refractivity contribution in [1.29, 1.82) is 0 Å². The fourth-order valence-corrected chi connectivity index (χ4v) is 8.18. The van der Waals surface area contributed by atoms with Crippen LogP contribution in [0.3, 0.4) is 0 Å². The van der Waals surface area contributed by atoms with Gasteiger partial charge in [-0.3, -0.25) is 9.36 Å². The number of ether oxygens (including phenoxy) is 1. The molecule has 0 saturated heterocycles. The van der Waals surface area contributed by atoms with Crippen molar-refractivity contribution in [2.45, 2.75) is 25.8 Å². The second-order valence-electron chi connectivity index (χ2n) is 8.77. The van der Waals surface area contributed by atoms with Gasteiger partial charge in [-0.2, -0.15) is 0 Å². The first-order valence-electron chi connectivity index (χ1n) is 11.8. The molecule has 1 aliphatic heterocycles. The van der Waals surface area contributed by atoms with Gasteiger partial charge in [-0.1, -0.05) is 65.9 Å². The van der Waals surface area contributed by atoms with Gasteiger partial charge in [0.05, 0.1) is 30.0 Å². The van der Waals surface area contributed by atoms with Crippen molar-refractivity contribution in [3.05, 3.63) is 121 Å². The number of fused-ring (bicyclic) bond motifs is 3. The third kappa shape index (κ3) is 4.18. The summed E-state index contributed by atoms with van der Waals surface area (Å²) in [6, 6.07) is 22.9. The number of hydrogen-bond donors (Lipinski definition) is 0. The molecule has 1 atom stereocenters. The van der Waals surface area contributed by atoms with Gasteiger partial charge in [0, 0.05) is 5.56 Å². The van der Waals surface area contributed by atoms with E-state index >= 15 is 0 Å². The van der Waals surface area contributed by atoms with E-state index in [-0.39, 0.29) is 11.6 Å². The SMILES string of the molecule is CCOc1c(I)cc(/C=c2/sc3n(c2=O)[C@H](c2ccccc2)C2=C(N=3)c3ccccc3CC2)cc1I. The summed E-state index contributed by atoms with van der Waals surface area (Å²) in [6.07, 6.45) is 3.85. The number of nitrogens with zero attached hydrogens (tertiary/aromatic N) is 2. The largest absolute Gasteiger partial charge is 0.492 e. The molecule has 4 aromatic rings. The molecule has 4 nitrogen and oxygen atoms in total. The Kier molecular flexibility index (Phi) is 6.64. The van der Waals surface area contributed by atoms with E-state index in [0.29, 0.717) is 11.1 Å². The Hall–Kier alpha value is -2.24. The number of aryl methyl sites for hydroxylation is 1. The lowest BCUT2D eigenvalue weighted by molar-refractivity contribution is 0.335. The van der Waals surface area contributed by atoms with Crippen LogP contribution >= 0.6 is 56.5 Å². The lowest BCUT2D eigenvalue weighted by Gasteiger charge is -2.30. The molecule has 1 aromatic heterocycles. The monoisotopic (exact) mass is 716 g/mol. The lowest BCUT2D eigenvalue weighted by Crippen LogP contribution is -2.38. The summed E-state index contributed by atoms with van der Waals surface area (Å²) in [5.74, 6) is 0.896. The fourth-order valence-electron chi connectivity index (χ4n) is 5.05. The van der Waals surface area contributed by atoms with Crippen LogP contribution in [0.15, 0.2) is 82.1 Å². The van der Waals surface area contributed by atoms with Gasteiger partial charge in [-0.15, -0.1) is 0 Å². The molecule has 0 fully saturated rings. The number of thiazole rings is 1. The molecule has 0 unspecified atom stereocenters. The van der Waals surface area contributed by atoms with Crippen LogP contribution in [0.1, 0.15) is 41.6 Å². The zero-order chi connectivity index (χ0) is 24.8. The van der Waals surface area contributed by atoms with Crippen molar-refractivity contribution in [3.63, 3.8) is 0 Å². The third-order valence-electron chi connectivity index (χ3n) is 6.60. The molecule has 1 aliphatic carbocycles. The standard InChI is InChI=1S/C29H22I2N2O2S/c1-2-35-27-22(30)14-17(15-23(27)31)16-24-28(34)33-26(19-9-4-3-5-10-19)21-13-12-18-8-6-7-11-20(18)25(21)32-29(33)36-24/h3-11,14-16,26H,2,12-13H2,1H3/b24-16+/t26-/m1/s1. The summed E-state index contributed by atoms with van der Waals surface area (Å²) >= 11 is 6.07. The maximum atomic E-state index is 13.9. The van der Waals surface area contributed by atoms with Crippen LogP contribution in [-0.4, -0.2) is 11.2 Å². The average Bonchev–Trinajstić information content (AvgIpc) is 3.19. The molecule has 7 heteroatoms. The van der Waals surface area contributed by atoms with Gasteiger partial charge in [0.2, 0.25) is 0 Å². The number of allylic oxidation sites excluding steroid dienone is 1. The Morgan fingerprint density at radius 3 is 2.53 bits per heavy atom. The Bertz CT molecular complexity index is 1680. The highest BCUT2D eigenvalue weighted by atomic mass is 127. The fraction of sp³-hybridized carbons (Fsp3) is 0.172. The normalized spacial score (nSPS) is 16.8. The maximum Gasteiger partial charge on any atom is 0.271 e. The number of aromatic nitrogens is 1. The van der Waals surface area contributed by atoms with Gasteiger partial charge in [-0.25, -0.2) is 4.99 Å². The van der Waals surface area contributed by atoms with E-state index < -0.39 is 0 Å². The van der Waals surface area contributed by atoms with Crippen LogP contribution in [0.2, 0.25) is 0 Å². The van der Waals surface area contributed by atoms with Gasteiger partial charge in [0.1, 0.15) is 5.75 Å². The molecule has 0 amide bonds. The molecule has 2 heterocycles. The summed E-state index contributed by atoms with van der Waals surface area (Å²) in [6.45, 7) is 2.61. The Balaban J connectivity index is 1.57. The van der Waals surface area contributed by atoms with Gasteiger partial charge in [0.25, 0.3) is 5.56 Å². The summed E-state index contributed by atoms with van der Waals surface area (Å²) in [7, 11) is 0. The van der Waals surface area contributed by atoms with E-state index in [4.69, 9.17) is 9.73 Å². The Labute approximate surface area is 240 Å². The van der Waals surface area contributed by atoms with Crippen LogP contribution in [0.4, 0.5) is 0 Å². The zero-order valence-electron chi connectivity index (χ0n) is 19.5. The molecule has 2 aliphatic rings. The molecule has 0 N–H and O–H groups in total. The van der Waals surface area contributed by atoms with Crippen LogP contribution in [0, 0.1) is 7.14 Å². The molecular weight excluding hydrogens is 694 g/mol. The first-order chi connectivity index (χ1) is 17.5. The van der Waals surface area contributed by atoms with E-state index in [1.54, 1.807) is 0 Å². The smallest absolute Gasteiger partial charge is 0.271 e. The summed E-state index contributed by atoms with van der Waals surface area (Å²) in [5, 5.41) is 0. The van der Waals surface area contributed by atoms with E-state index in [2.05, 4.69) is 93.7 Å². The zero-order valence-corrected chi connectivity index (χ0v) is 24.6. The number of halogens is 2. The highest BCUT2D eigenvalue weighted by Gasteiger charge is 2.32. The van der Waals surface area contributed by atoms with Crippen molar-refractivity contribution in [2.75, 3.05) is 6.61 Å². The molecule has 36 heavy (non-hydrogen) atoms. The van der Waals surface area contributed by atoms with Gasteiger partial charge < -0.3 is 4.74 Å². The van der Waals surface area contributed by atoms with Crippen molar-refractivity contribution < 1.29 is 4.74 Å². The van der Waals surface area contributed by atoms with E-state index in [9.17, 15) is 4.79 Å². The van der Waals surface area contributed by atoms with Crippen LogP contribution in [0.5, 0.6) is 5.75 Å². The minimum atomic E-state index is -0.145. The summed E-state index contributed by atoms with van der Waals surface area (Å²) in [5.41, 5.74) is 6.89. The molecule has 0 bridgehead atoms. The highest BCUT2D eigenvalue weighted by Crippen LogP contribution is 2.41. The first-order valence-corrected chi connectivity index (χ1v) is 14.8. The summed E-state index contributed by atoms with van der Waals surface area (Å²) < 4.78 is 10.5. The minimum Gasteiger partial charge on any atom is -0.492 e. The van der Waals surface area contributed by atoms with E-state index in [1.165, 1.54) is 28.0 Å². The van der Waals surface area contributed by atoms with E-state index in [0.717, 1.165) is 47.4 Å². The van der Waals surface area contributed by atoms with Crippen molar-refractivity contribution in [2.24, 2.45) is 4.99 Å². The van der Waals surface area contributed by atoms with Crippen molar-refractivity contribution in [3.8, 4) is 5.75 Å². The topological polar surface area (TPSA) is 43.6 Å². The second-order valence-corrected chi connectivity index (χ2v) is 12.1.